The molecule has 0 unspecified atom stereocenters. The summed E-state index contributed by atoms with van der Waals surface area (Å²) >= 11 is 7.47. The van der Waals surface area contributed by atoms with Crippen molar-refractivity contribution in [2.24, 2.45) is 4.99 Å². The van der Waals surface area contributed by atoms with Crippen LogP contribution in [-0.2, 0) is 6.54 Å². The Kier molecular flexibility index (Phi) is 6.91. The first-order valence-corrected chi connectivity index (χ1v) is 10.4. The van der Waals surface area contributed by atoms with Crippen molar-refractivity contribution in [1.82, 2.24) is 4.57 Å². The van der Waals surface area contributed by atoms with Crippen molar-refractivity contribution in [2.45, 2.75) is 32.7 Å². The van der Waals surface area contributed by atoms with Crippen LogP contribution in [0, 0.1) is 12.3 Å². The minimum atomic E-state index is -0.319. The molecule has 0 spiro atoms. The summed E-state index contributed by atoms with van der Waals surface area (Å²) in [6.45, 7) is 3.17. The summed E-state index contributed by atoms with van der Waals surface area (Å²) in [5.41, 5.74) is 1.42. The average molecular weight is 413 g/mol. The molecule has 1 amide bonds. The van der Waals surface area contributed by atoms with E-state index in [0.717, 1.165) is 35.2 Å². The van der Waals surface area contributed by atoms with Crippen LogP contribution < -0.4 is 9.54 Å². The first-order valence-electron chi connectivity index (χ1n) is 9.16. The van der Waals surface area contributed by atoms with Crippen LogP contribution in [0.5, 0.6) is 5.75 Å². The van der Waals surface area contributed by atoms with Crippen molar-refractivity contribution in [3.05, 3.63) is 57.9 Å². The number of carbonyl (C=O) groups excluding carboxylic acids is 1. The molecule has 6 heteroatoms. The lowest BCUT2D eigenvalue weighted by atomic mass is 10.2. The lowest BCUT2D eigenvalue weighted by molar-refractivity contribution is 0.0998. The van der Waals surface area contributed by atoms with Crippen molar-refractivity contribution in [3.8, 4) is 18.1 Å². The zero-order chi connectivity index (χ0) is 19.9. The minimum Gasteiger partial charge on any atom is -0.494 e. The molecule has 0 atom stereocenters. The van der Waals surface area contributed by atoms with E-state index in [1.807, 2.05) is 16.7 Å². The van der Waals surface area contributed by atoms with E-state index in [-0.39, 0.29) is 5.91 Å². The van der Waals surface area contributed by atoms with Gasteiger partial charge in [-0.15, -0.1) is 6.42 Å². The van der Waals surface area contributed by atoms with E-state index in [2.05, 4.69) is 17.8 Å². The maximum atomic E-state index is 12.6. The summed E-state index contributed by atoms with van der Waals surface area (Å²) in [4.78, 5) is 17.5. The van der Waals surface area contributed by atoms with E-state index >= 15 is 0 Å². The fourth-order valence-electron chi connectivity index (χ4n) is 2.76. The van der Waals surface area contributed by atoms with Gasteiger partial charge in [-0.2, -0.15) is 4.99 Å². The summed E-state index contributed by atoms with van der Waals surface area (Å²) in [5, 5.41) is 0.633. The lowest BCUT2D eigenvalue weighted by Gasteiger charge is -2.05. The van der Waals surface area contributed by atoms with Crippen molar-refractivity contribution in [2.75, 3.05) is 6.61 Å². The van der Waals surface area contributed by atoms with Gasteiger partial charge in [-0.1, -0.05) is 48.6 Å². The van der Waals surface area contributed by atoms with Gasteiger partial charge < -0.3 is 9.30 Å². The Labute approximate surface area is 173 Å². The Hall–Kier alpha value is -2.55. The van der Waals surface area contributed by atoms with Gasteiger partial charge in [-0.3, -0.25) is 4.79 Å². The van der Waals surface area contributed by atoms with Crippen LogP contribution in [0.25, 0.3) is 10.2 Å². The number of benzene rings is 2. The molecule has 0 radical (unpaired) electrons. The van der Waals surface area contributed by atoms with Gasteiger partial charge in [-0.05, 0) is 48.9 Å². The van der Waals surface area contributed by atoms with Crippen LogP contribution in [0.4, 0.5) is 0 Å². The summed E-state index contributed by atoms with van der Waals surface area (Å²) in [5.74, 6) is 3.05. The zero-order valence-electron chi connectivity index (χ0n) is 15.7. The Morgan fingerprint density at radius 1 is 1.25 bits per heavy atom. The molecule has 0 N–H and O–H groups in total. The first kappa shape index (κ1) is 20.2. The summed E-state index contributed by atoms with van der Waals surface area (Å²) < 4.78 is 8.47. The number of hydrogen-bond donors (Lipinski definition) is 0. The maximum absolute atomic E-state index is 12.6. The number of terminal acetylenes is 1. The molecule has 0 saturated heterocycles. The van der Waals surface area contributed by atoms with Gasteiger partial charge in [0, 0.05) is 10.6 Å². The second-order valence-electron chi connectivity index (χ2n) is 6.28. The third-order valence-electron chi connectivity index (χ3n) is 4.21. The molecular formula is C22H21ClN2O2S. The molecule has 28 heavy (non-hydrogen) atoms. The van der Waals surface area contributed by atoms with Gasteiger partial charge in [0.2, 0.25) is 0 Å². The van der Waals surface area contributed by atoms with E-state index in [9.17, 15) is 4.79 Å². The molecule has 0 aliphatic rings. The van der Waals surface area contributed by atoms with E-state index in [1.54, 1.807) is 30.3 Å². The number of hydrogen-bond acceptors (Lipinski definition) is 3. The Morgan fingerprint density at radius 2 is 2.04 bits per heavy atom. The van der Waals surface area contributed by atoms with Crippen LogP contribution in [0.2, 0.25) is 5.02 Å². The van der Waals surface area contributed by atoms with Crippen LogP contribution in [0.3, 0.4) is 0 Å². The largest absolute Gasteiger partial charge is 0.494 e. The quantitative estimate of drug-likeness (QED) is 0.390. The number of fused-ring (bicyclic) bond motifs is 1. The number of aromatic nitrogens is 1. The highest BCUT2D eigenvalue weighted by Gasteiger charge is 2.09. The fraction of sp³-hybridized carbons (Fsp3) is 0.273. The third-order valence-corrected chi connectivity index (χ3v) is 5.49. The molecule has 0 fully saturated rings. The maximum Gasteiger partial charge on any atom is 0.279 e. The van der Waals surface area contributed by atoms with Gasteiger partial charge >= 0.3 is 0 Å². The van der Waals surface area contributed by atoms with Crippen LogP contribution in [-0.4, -0.2) is 17.1 Å². The topological polar surface area (TPSA) is 43.6 Å². The van der Waals surface area contributed by atoms with E-state index in [4.69, 9.17) is 22.8 Å². The van der Waals surface area contributed by atoms with Crippen molar-refractivity contribution in [3.63, 3.8) is 0 Å². The van der Waals surface area contributed by atoms with Gasteiger partial charge in [-0.25, -0.2) is 0 Å². The Balaban J connectivity index is 1.84. The monoisotopic (exact) mass is 412 g/mol. The number of ether oxygens (including phenoxy) is 1. The average Bonchev–Trinajstić information content (AvgIpc) is 3.02. The summed E-state index contributed by atoms with van der Waals surface area (Å²) in [7, 11) is 0. The molecule has 0 aliphatic heterocycles. The molecule has 144 valence electrons. The van der Waals surface area contributed by atoms with Gasteiger partial charge in [0.1, 0.15) is 5.75 Å². The summed E-state index contributed by atoms with van der Waals surface area (Å²) in [6.07, 6.45) is 8.82. The smallest absolute Gasteiger partial charge is 0.279 e. The number of thiazole rings is 1. The first-order chi connectivity index (χ1) is 13.6. The fourth-order valence-corrected chi connectivity index (χ4v) is 4.07. The van der Waals surface area contributed by atoms with E-state index in [1.165, 1.54) is 11.3 Å². The molecule has 1 aromatic heterocycles. The zero-order valence-corrected chi connectivity index (χ0v) is 17.2. The van der Waals surface area contributed by atoms with Gasteiger partial charge in [0.25, 0.3) is 5.91 Å². The normalized spacial score (nSPS) is 11.5. The number of unbranched alkanes of at least 4 members (excludes halogenated alkanes) is 2. The highest BCUT2D eigenvalue weighted by atomic mass is 35.5. The lowest BCUT2D eigenvalue weighted by Crippen LogP contribution is -2.16. The second-order valence-corrected chi connectivity index (χ2v) is 7.73. The van der Waals surface area contributed by atoms with Crippen LogP contribution in [0.15, 0.2) is 47.5 Å². The van der Waals surface area contributed by atoms with Crippen molar-refractivity contribution >= 4 is 39.1 Å². The second kappa shape index (κ2) is 9.59. The Bertz CT molecular complexity index is 1070. The number of carbonyl (C=O) groups is 1. The predicted molar refractivity (Wildman–Crippen MR) is 115 cm³/mol. The molecule has 0 aliphatic carbocycles. The SMILES string of the molecule is C#CCn1c(=NC(=O)c2ccc(OCCCCC)cc2)sc2cc(Cl)ccc21. The van der Waals surface area contributed by atoms with E-state index in [0.29, 0.717) is 28.5 Å². The molecule has 3 aromatic rings. The standard InChI is InChI=1S/C22H21ClN2O2S/c1-3-5-6-14-27-18-10-7-16(8-11-18)21(26)24-22-25(13-4-2)19-12-9-17(23)15-20(19)28-22/h2,7-12,15H,3,5-6,13-14H2,1H3. The van der Waals surface area contributed by atoms with Crippen molar-refractivity contribution < 1.29 is 9.53 Å². The molecule has 0 saturated carbocycles. The molecular weight excluding hydrogens is 392 g/mol. The number of halogens is 1. The van der Waals surface area contributed by atoms with Gasteiger partial charge in [0.15, 0.2) is 4.80 Å². The third kappa shape index (κ3) is 4.83. The number of rotatable bonds is 7. The van der Waals surface area contributed by atoms with Crippen LogP contribution in [0.1, 0.15) is 36.5 Å². The van der Waals surface area contributed by atoms with Crippen molar-refractivity contribution in [1.29, 1.82) is 0 Å². The molecule has 2 aromatic carbocycles. The number of nitrogens with zero attached hydrogens (tertiary/aromatic N) is 2. The predicted octanol–water partition coefficient (Wildman–Crippen LogP) is 5.30. The minimum absolute atomic E-state index is 0.319. The summed E-state index contributed by atoms with van der Waals surface area (Å²) in [6, 6.07) is 12.6. The Morgan fingerprint density at radius 3 is 2.75 bits per heavy atom. The highest BCUT2D eigenvalue weighted by molar-refractivity contribution is 7.16. The van der Waals surface area contributed by atoms with Gasteiger partial charge in [0.05, 0.1) is 23.4 Å². The van der Waals surface area contributed by atoms with E-state index < -0.39 is 0 Å². The molecule has 4 nitrogen and oxygen atoms in total. The van der Waals surface area contributed by atoms with Crippen LogP contribution >= 0.6 is 22.9 Å². The molecule has 1 heterocycles. The number of amides is 1. The molecule has 3 rings (SSSR count). The highest BCUT2D eigenvalue weighted by Crippen LogP contribution is 2.22. The molecule has 0 bridgehead atoms.